The summed E-state index contributed by atoms with van der Waals surface area (Å²) < 4.78 is 0. The lowest BCUT2D eigenvalue weighted by molar-refractivity contribution is 0.604. The molecule has 5 heterocycles. The van der Waals surface area contributed by atoms with Gasteiger partial charge in [-0.05, 0) is 75.2 Å². The van der Waals surface area contributed by atoms with Crippen LogP contribution in [0, 0.1) is 0 Å². The molecule has 0 saturated carbocycles. The van der Waals surface area contributed by atoms with Gasteiger partial charge in [0, 0.05) is 35.0 Å². The first kappa shape index (κ1) is 25.0. The Hall–Kier alpha value is -3.29. The average Bonchev–Trinajstić information content (AvgIpc) is 3.49. The second-order valence-corrected chi connectivity index (χ2v) is 12.8. The van der Waals surface area contributed by atoms with Crippen molar-refractivity contribution in [3.05, 3.63) is 90.5 Å². The number of hydrogen-bond acceptors (Lipinski definition) is 7. The first-order chi connectivity index (χ1) is 18.2. The molecule has 0 spiro atoms. The smallest absolute Gasteiger partial charge is 0.117 e. The van der Waals surface area contributed by atoms with E-state index >= 15 is 0 Å². The van der Waals surface area contributed by atoms with Crippen molar-refractivity contribution in [2.45, 2.75) is 38.8 Å². The van der Waals surface area contributed by atoms with Crippen molar-refractivity contribution < 1.29 is 0 Å². The van der Waals surface area contributed by atoms with E-state index in [1.165, 1.54) is 0 Å². The van der Waals surface area contributed by atoms with Crippen molar-refractivity contribution in [1.29, 1.82) is 0 Å². The van der Waals surface area contributed by atoms with E-state index in [-0.39, 0.29) is 11.1 Å². The monoisotopic (exact) mass is 535 g/mol. The molecule has 190 valence electrons. The maximum Gasteiger partial charge on any atom is 0.117 e. The Labute approximate surface area is 232 Å². The zero-order valence-electron chi connectivity index (χ0n) is 22.0. The fourth-order valence-electron chi connectivity index (χ4n) is 4.40. The van der Waals surface area contributed by atoms with Crippen LogP contribution >= 0.6 is 23.5 Å². The highest BCUT2D eigenvalue weighted by Crippen LogP contribution is 2.33. The highest BCUT2D eigenvalue weighted by atomic mass is 32.2. The molecule has 0 aliphatic carbocycles. The molecular weight excluding hydrogens is 507 g/mol. The van der Waals surface area contributed by atoms with Crippen molar-refractivity contribution in [2.75, 3.05) is 11.5 Å². The van der Waals surface area contributed by atoms with E-state index in [9.17, 15) is 0 Å². The molecule has 3 aromatic heterocycles. The summed E-state index contributed by atoms with van der Waals surface area (Å²) >= 11 is 3.54. The van der Waals surface area contributed by atoms with Crippen molar-refractivity contribution in [1.82, 2.24) is 15.0 Å². The van der Waals surface area contributed by atoms with Gasteiger partial charge in [0.15, 0.2) is 0 Å². The number of aromatic nitrogens is 3. The molecule has 38 heavy (non-hydrogen) atoms. The number of thioether (sulfide) groups is 2. The van der Waals surface area contributed by atoms with Gasteiger partial charge in [0.2, 0.25) is 0 Å². The van der Waals surface area contributed by atoms with Crippen molar-refractivity contribution in [3.63, 3.8) is 0 Å². The number of benzene rings is 1. The number of pyridine rings is 3. The topological polar surface area (TPSA) is 63.4 Å². The minimum atomic E-state index is -0.0380. The molecule has 0 N–H and O–H groups in total. The van der Waals surface area contributed by atoms with Crippen LogP contribution in [0.5, 0.6) is 0 Å². The van der Waals surface area contributed by atoms with Crippen molar-refractivity contribution >= 4 is 33.6 Å². The molecule has 0 amide bonds. The van der Waals surface area contributed by atoms with Gasteiger partial charge in [-0.25, -0.2) is 4.98 Å². The highest BCUT2D eigenvalue weighted by molar-refractivity contribution is 8.15. The summed E-state index contributed by atoms with van der Waals surface area (Å²) in [5.74, 6) is 1.96. The highest BCUT2D eigenvalue weighted by Gasteiger charge is 2.27. The third-order valence-electron chi connectivity index (χ3n) is 6.42. The van der Waals surface area contributed by atoms with Gasteiger partial charge in [-0.15, -0.1) is 23.5 Å². The third kappa shape index (κ3) is 5.31. The molecular formula is C31H29N5S2. The molecule has 0 atom stereocenters. The molecule has 0 radical (unpaired) electrons. The van der Waals surface area contributed by atoms with Crippen LogP contribution in [0.2, 0.25) is 0 Å². The standard InChI is InChI=1S/C31H29N5S2/c1-30(2)18-37-28(35-30)24-12-10-21(16-32-24)26-14-23(20-8-6-5-7-9-20)15-27(34-26)22-11-13-25(33-17-22)29-36-31(3,4)19-38-29/h5-17H,18-19H2,1-4H3. The first-order valence-corrected chi connectivity index (χ1v) is 14.7. The second-order valence-electron chi connectivity index (χ2n) is 10.9. The third-order valence-corrected chi connectivity index (χ3v) is 9.27. The Morgan fingerprint density at radius 3 is 1.45 bits per heavy atom. The molecule has 1 aromatic carbocycles. The summed E-state index contributed by atoms with van der Waals surface area (Å²) in [4.78, 5) is 24.2. The number of rotatable bonds is 5. The predicted octanol–water partition coefficient (Wildman–Crippen LogP) is 7.42. The van der Waals surface area contributed by atoms with Gasteiger partial charge in [0.05, 0.1) is 33.9 Å². The Bertz CT molecular complexity index is 1440. The van der Waals surface area contributed by atoms with Gasteiger partial charge in [0.1, 0.15) is 10.1 Å². The van der Waals surface area contributed by atoms with Crippen molar-refractivity contribution in [2.24, 2.45) is 9.98 Å². The van der Waals surface area contributed by atoms with Crippen LogP contribution in [0.15, 0.2) is 89.1 Å². The Kier molecular flexibility index (Phi) is 6.44. The van der Waals surface area contributed by atoms with Gasteiger partial charge in [0.25, 0.3) is 0 Å². The Morgan fingerprint density at radius 1 is 0.553 bits per heavy atom. The SMILES string of the molecule is CC1(C)CSC(c2ccc(-c3cc(-c4ccccc4)cc(-c4ccc(C5=NC(C)(C)CS5)nc4)n3)cn2)=N1. The molecule has 0 unspecified atom stereocenters. The molecule has 2 aliphatic heterocycles. The molecule has 0 saturated heterocycles. The van der Waals surface area contributed by atoms with E-state index in [4.69, 9.17) is 24.9 Å². The van der Waals surface area contributed by atoms with Gasteiger partial charge < -0.3 is 0 Å². The fourth-order valence-corrected chi connectivity index (χ4v) is 6.67. The van der Waals surface area contributed by atoms with Crippen LogP contribution in [0.3, 0.4) is 0 Å². The van der Waals surface area contributed by atoms with E-state index < -0.39 is 0 Å². The summed E-state index contributed by atoms with van der Waals surface area (Å²) in [7, 11) is 0. The largest absolute Gasteiger partial charge is 0.269 e. The second kappa shape index (κ2) is 9.79. The molecule has 0 fully saturated rings. The average molecular weight is 536 g/mol. The lowest BCUT2D eigenvalue weighted by Crippen LogP contribution is -2.15. The molecule has 7 heteroatoms. The van der Waals surface area contributed by atoms with Gasteiger partial charge in [-0.3, -0.25) is 20.0 Å². The van der Waals surface area contributed by atoms with Crippen LogP contribution in [0.1, 0.15) is 39.1 Å². The van der Waals surface area contributed by atoms with E-state index in [2.05, 4.69) is 88.4 Å². The summed E-state index contributed by atoms with van der Waals surface area (Å²) in [5, 5.41) is 2.01. The zero-order chi connectivity index (χ0) is 26.3. The van der Waals surface area contributed by atoms with Gasteiger partial charge in [-0.1, -0.05) is 30.3 Å². The summed E-state index contributed by atoms with van der Waals surface area (Å²) in [5.41, 5.74) is 7.70. The van der Waals surface area contributed by atoms with E-state index in [1.54, 1.807) is 23.5 Å². The number of hydrogen-bond donors (Lipinski definition) is 0. The van der Waals surface area contributed by atoms with Crippen LogP contribution in [-0.2, 0) is 0 Å². The Morgan fingerprint density at radius 2 is 1.05 bits per heavy atom. The molecule has 2 aliphatic rings. The van der Waals surface area contributed by atoms with Crippen LogP contribution in [0.4, 0.5) is 0 Å². The van der Waals surface area contributed by atoms with Crippen LogP contribution in [-0.4, -0.2) is 47.6 Å². The normalized spacial score (nSPS) is 17.8. The summed E-state index contributed by atoms with van der Waals surface area (Å²) in [6.45, 7) is 8.63. The predicted molar refractivity (Wildman–Crippen MR) is 162 cm³/mol. The summed E-state index contributed by atoms with van der Waals surface area (Å²) in [6, 6.07) is 23.0. The summed E-state index contributed by atoms with van der Waals surface area (Å²) in [6.07, 6.45) is 3.81. The maximum absolute atomic E-state index is 5.05. The maximum atomic E-state index is 5.05. The van der Waals surface area contributed by atoms with Gasteiger partial charge >= 0.3 is 0 Å². The number of nitrogens with zero attached hydrogens (tertiary/aromatic N) is 5. The molecule has 0 bridgehead atoms. The van der Waals surface area contributed by atoms with E-state index in [1.807, 2.05) is 18.5 Å². The molecule has 6 rings (SSSR count). The number of aliphatic imine (C=N–C) groups is 2. The van der Waals surface area contributed by atoms with Crippen molar-refractivity contribution in [3.8, 4) is 33.6 Å². The van der Waals surface area contributed by atoms with Crippen LogP contribution < -0.4 is 0 Å². The molecule has 4 aromatic rings. The first-order valence-electron chi connectivity index (χ1n) is 12.7. The minimum absolute atomic E-state index is 0.0380. The van der Waals surface area contributed by atoms with E-state index in [0.717, 1.165) is 66.6 Å². The fraction of sp³-hybridized carbons (Fsp3) is 0.258. The zero-order valence-corrected chi connectivity index (χ0v) is 23.6. The molecule has 5 nitrogen and oxygen atoms in total. The Balaban J connectivity index is 1.37. The van der Waals surface area contributed by atoms with Gasteiger partial charge in [-0.2, -0.15) is 0 Å². The minimum Gasteiger partial charge on any atom is -0.269 e. The lowest BCUT2D eigenvalue weighted by Gasteiger charge is -2.11. The van der Waals surface area contributed by atoms with E-state index in [0.29, 0.717) is 0 Å². The lowest BCUT2D eigenvalue weighted by atomic mass is 10.0. The quantitative estimate of drug-likeness (QED) is 0.266. The van der Waals surface area contributed by atoms with Crippen LogP contribution in [0.25, 0.3) is 33.6 Å².